The van der Waals surface area contributed by atoms with Gasteiger partial charge in [0.2, 0.25) is 10.0 Å². The Kier molecular flexibility index (Phi) is 5.07. The molecule has 0 amide bonds. The molecule has 0 saturated carbocycles. The Balaban J connectivity index is 2.07. The van der Waals surface area contributed by atoms with E-state index < -0.39 is 10.0 Å². The standard InChI is InChI=1S/C16H26N2O2S/c1-12(2)18-9-7-15(8-10-18)17-21(19,20)16-11-13(3)5-6-14(16)4/h5-6,11-12,15,17H,7-10H2,1-4H3. The number of piperidine rings is 1. The van der Waals surface area contributed by atoms with Crippen molar-refractivity contribution in [3.8, 4) is 0 Å². The van der Waals surface area contributed by atoms with E-state index in [9.17, 15) is 8.42 Å². The number of hydrogen-bond donors (Lipinski definition) is 1. The Morgan fingerprint density at radius 2 is 1.81 bits per heavy atom. The maximum atomic E-state index is 12.6. The Bertz CT molecular complexity index is 588. The molecule has 2 rings (SSSR count). The number of nitrogens with zero attached hydrogens (tertiary/aromatic N) is 1. The third-order valence-electron chi connectivity index (χ3n) is 4.21. The van der Waals surface area contributed by atoms with Crippen molar-refractivity contribution in [3.05, 3.63) is 29.3 Å². The van der Waals surface area contributed by atoms with Gasteiger partial charge in [-0.3, -0.25) is 0 Å². The summed E-state index contributed by atoms with van der Waals surface area (Å²) >= 11 is 0. The Hall–Kier alpha value is -0.910. The van der Waals surface area contributed by atoms with Gasteiger partial charge >= 0.3 is 0 Å². The lowest BCUT2D eigenvalue weighted by Crippen LogP contribution is -2.46. The fourth-order valence-corrected chi connectivity index (χ4v) is 4.45. The van der Waals surface area contributed by atoms with Crippen molar-refractivity contribution in [2.75, 3.05) is 13.1 Å². The molecular formula is C16H26N2O2S. The topological polar surface area (TPSA) is 49.4 Å². The molecule has 0 aromatic heterocycles. The molecule has 118 valence electrons. The summed E-state index contributed by atoms with van der Waals surface area (Å²) in [7, 11) is -3.42. The van der Waals surface area contributed by atoms with Crippen molar-refractivity contribution in [2.45, 2.75) is 57.5 Å². The van der Waals surface area contributed by atoms with Gasteiger partial charge in [0.05, 0.1) is 4.90 Å². The normalized spacial score (nSPS) is 18.3. The minimum atomic E-state index is -3.42. The quantitative estimate of drug-likeness (QED) is 0.929. The highest BCUT2D eigenvalue weighted by Gasteiger charge is 2.26. The zero-order valence-electron chi connectivity index (χ0n) is 13.4. The van der Waals surface area contributed by atoms with Gasteiger partial charge in [-0.25, -0.2) is 13.1 Å². The van der Waals surface area contributed by atoms with Gasteiger partial charge in [0.25, 0.3) is 0 Å². The Morgan fingerprint density at radius 3 is 2.38 bits per heavy atom. The second-order valence-corrected chi connectivity index (χ2v) is 7.98. The van der Waals surface area contributed by atoms with Crippen molar-refractivity contribution in [2.24, 2.45) is 0 Å². The van der Waals surface area contributed by atoms with Crippen molar-refractivity contribution in [1.29, 1.82) is 0 Å². The number of likely N-dealkylation sites (tertiary alicyclic amines) is 1. The van der Waals surface area contributed by atoms with Crippen molar-refractivity contribution in [3.63, 3.8) is 0 Å². The summed E-state index contributed by atoms with van der Waals surface area (Å²) in [4.78, 5) is 2.80. The van der Waals surface area contributed by atoms with Crippen LogP contribution in [-0.2, 0) is 10.0 Å². The molecule has 1 heterocycles. The van der Waals surface area contributed by atoms with Gasteiger partial charge in [0.1, 0.15) is 0 Å². The largest absolute Gasteiger partial charge is 0.301 e. The zero-order valence-corrected chi connectivity index (χ0v) is 14.2. The number of rotatable bonds is 4. The maximum absolute atomic E-state index is 12.6. The highest BCUT2D eigenvalue weighted by Crippen LogP contribution is 2.20. The van der Waals surface area contributed by atoms with Gasteiger partial charge in [-0.15, -0.1) is 0 Å². The smallest absolute Gasteiger partial charge is 0.241 e. The second kappa shape index (κ2) is 6.46. The molecule has 1 N–H and O–H groups in total. The monoisotopic (exact) mass is 310 g/mol. The first kappa shape index (κ1) is 16.5. The van der Waals surface area contributed by atoms with Gasteiger partial charge < -0.3 is 4.90 Å². The fraction of sp³-hybridized carbons (Fsp3) is 0.625. The second-order valence-electron chi connectivity index (χ2n) is 6.29. The van der Waals surface area contributed by atoms with Crippen LogP contribution in [0.1, 0.15) is 37.8 Å². The molecule has 1 aliphatic rings. The van der Waals surface area contributed by atoms with E-state index in [2.05, 4.69) is 23.5 Å². The number of nitrogens with one attached hydrogen (secondary N) is 1. The Labute approximate surface area is 128 Å². The molecule has 0 bridgehead atoms. The molecule has 5 heteroatoms. The Morgan fingerprint density at radius 1 is 1.19 bits per heavy atom. The van der Waals surface area contributed by atoms with Crippen LogP contribution in [-0.4, -0.2) is 38.5 Å². The average Bonchev–Trinajstić information content (AvgIpc) is 2.41. The summed E-state index contributed by atoms with van der Waals surface area (Å²) in [5, 5.41) is 0. The van der Waals surface area contributed by atoms with Crippen molar-refractivity contribution < 1.29 is 8.42 Å². The van der Waals surface area contributed by atoms with E-state index in [1.54, 1.807) is 6.07 Å². The molecule has 0 radical (unpaired) electrons. The summed E-state index contributed by atoms with van der Waals surface area (Å²) in [6.45, 7) is 10.0. The first-order valence-corrected chi connectivity index (χ1v) is 9.11. The highest BCUT2D eigenvalue weighted by atomic mass is 32.2. The van der Waals surface area contributed by atoms with Gasteiger partial charge in [-0.2, -0.15) is 0 Å². The van der Waals surface area contributed by atoms with Crippen molar-refractivity contribution >= 4 is 10.0 Å². The molecular weight excluding hydrogens is 284 g/mol. The average molecular weight is 310 g/mol. The van der Waals surface area contributed by atoms with Crippen LogP contribution in [0.2, 0.25) is 0 Å². The lowest BCUT2D eigenvalue weighted by Gasteiger charge is -2.34. The molecule has 0 atom stereocenters. The van der Waals surface area contributed by atoms with Crippen LogP contribution in [0.15, 0.2) is 23.1 Å². The van der Waals surface area contributed by atoms with Crippen LogP contribution in [0.3, 0.4) is 0 Å². The fourth-order valence-electron chi connectivity index (χ4n) is 2.81. The first-order valence-electron chi connectivity index (χ1n) is 7.63. The molecule has 1 aromatic carbocycles. The summed E-state index contributed by atoms with van der Waals surface area (Å²) in [5.41, 5.74) is 1.77. The summed E-state index contributed by atoms with van der Waals surface area (Å²) in [6.07, 6.45) is 1.75. The highest BCUT2D eigenvalue weighted by molar-refractivity contribution is 7.89. The van der Waals surface area contributed by atoms with Crippen LogP contribution in [0.5, 0.6) is 0 Å². The van der Waals surface area contributed by atoms with Crippen LogP contribution in [0.4, 0.5) is 0 Å². The van der Waals surface area contributed by atoms with Crippen LogP contribution in [0, 0.1) is 13.8 Å². The van der Waals surface area contributed by atoms with Crippen LogP contribution in [0.25, 0.3) is 0 Å². The van der Waals surface area contributed by atoms with Crippen molar-refractivity contribution in [1.82, 2.24) is 9.62 Å². The summed E-state index contributed by atoms with van der Waals surface area (Å²) < 4.78 is 28.0. The third kappa shape index (κ3) is 4.05. The molecule has 1 aliphatic heterocycles. The van der Waals surface area contributed by atoms with E-state index in [-0.39, 0.29) is 6.04 Å². The van der Waals surface area contributed by atoms with Gasteiger partial charge in [0, 0.05) is 12.1 Å². The van der Waals surface area contributed by atoms with Gasteiger partial charge in [-0.05, 0) is 70.8 Å². The molecule has 21 heavy (non-hydrogen) atoms. The van der Waals surface area contributed by atoms with Crippen LogP contribution < -0.4 is 4.72 Å². The SMILES string of the molecule is Cc1ccc(C)c(S(=O)(=O)NC2CCN(C(C)C)CC2)c1. The minimum Gasteiger partial charge on any atom is -0.301 e. The molecule has 4 nitrogen and oxygen atoms in total. The number of sulfonamides is 1. The zero-order chi connectivity index (χ0) is 15.6. The van der Waals surface area contributed by atoms with E-state index in [0.717, 1.165) is 37.1 Å². The van der Waals surface area contributed by atoms with E-state index in [1.165, 1.54) is 0 Å². The first-order chi connectivity index (χ1) is 9.79. The molecule has 0 spiro atoms. The maximum Gasteiger partial charge on any atom is 0.241 e. The van der Waals surface area contributed by atoms with E-state index in [1.807, 2.05) is 26.0 Å². The van der Waals surface area contributed by atoms with Gasteiger partial charge in [-0.1, -0.05) is 12.1 Å². The van der Waals surface area contributed by atoms with Crippen LogP contribution >= 0.6 is 0 Å². The molecule has 1 fully saturated rings. The molecule has 1 aromatic rings. The predicted octanol–water partition coefficient (Wildman–Crippen LogP) is 2.45. The molecule has 1 saturated heterocycles. The summed E-state index contributed by atoms with van der Waals surface area (Å²) in [5.74, 6) is 0. The van der Waals surface area contributed by atoms with E-state index in [4.69, 9.17) is 0 Å². The van der Waals surface area contributed by atoms with Gasteiger partial charge in [0.15, 0.2) is 0 Å². The number of hydrogen-bond acceptors (Lipinski definition) is 3. The lowest BCUT2D eigenvalue weighted by molar-refractivity contribution is 0.168. The van der Waals surface area contributed by atoms with E-state index >= 15 is 0 Å². The molecule has 0 unspecified atom stereocenters. The number of aryl methyl sites for hydroxylation is 2. The number of benzene rings is 1. The lowest BCUT2D eigenvalue weighted by atomic mass is 10.1. The van der Waals surface area contributed by atoms with E-state index in [0.29, 0.717) is 10.9 Å². The molecule has 0 aliphatic carbocycles. The third-order valence-corrected chi connectivity index (χ3v) is 5.88. The predicted molar refractivity (Wildman–Crippen MR) is 86.0 cm³/mol. The minimum absolute atomic E-state index is 0.0462. The summed E-state index contributed by atoms with van der Waals surface area (Å²) in [6, 6.07) is 6.13.